The summed E-state index contributed by atoms with van der Waals surface area (Å²) >= 11 is 0. The lowest BCUT2D eigenvalue weighted by atomic mass is 10.1. The lowest BCUT2D eigenvalue weighted by molar-refractivity contribution is 0.102. The van der Waals surface area contributed by atoms with Crippen LogP contribution in [0, 0.1) is 0 Å². The number of carbonyl (C=O) groups is 1. The topological polar surface area (TPSA) is 66.5 Å². The van der Waals surface area contributed by atoms with Crippen LogP contribution in [0.2, 0.25) is 0 Å². The molecule has 0 spiro atoms. The normalized spacial score (nSPS) is 11.1. The van der Waals surface area contributed by atoms with Crippen molar-refractivity contribution in [1.29, 1.82) is 0 Å². The highest BCUT2D eigenvalue weighted by atomic mass is 32.2. The van der Waals surface area contributed by atoms with E-state index >= 15 is 0 Å². The number of anilines is 2. The molecule has 2 aromatic rings. The molecular formula is C17H20N2O3S. The van der Waals surface area contributed by atoms with Crippen molar-refractivity contribution < 1.29 is 13.2 Å². The molecule has 0 saturated heterocycles. The molecule has 0 aromatic heterocycles. The van der Waals surface area contributed by atoms with Crippen molar-refractivity contribution in [2.45, 2.75) is 13.3 Å². The maximum atomic E-state index is 12.3. The molecule has 0 saturated carbocycles. The van der Waals surface area contributed by atoms with Crippen LogP contribution in [-0.4, -0.2) is 27.6 Å². The first-order chi connectivity index (χ1) is 10.8. The second-order valence-corrected chi connectivity index (χ2v) is 7.26. The van der Waals surface area contributed by atoms with Gasteiger partial charge in [0.15, 0.2) is 0 Å². The minimum Gasteiger partial charge on any atom is -0.322 e. The third-order valence-corrected chi connectivity index (χ3v) is 4.84. The number of para-hydroxylation sites is 1. The average Bonchev–Trinajstić information content (AvgIpc) is 2.54. The standard InChI is InChI=1S/C17H20N2O3S/c1-4-13-7-5-6-8-16(13)18-17(20)14-9-11-15(12-10-14)19(2)23(3,21)22/h5-12H,4H2,1-3H3,(H,18,20). The van der Waals surface area contributed by atoms with E-state index in [1.165, 1.54) is 11.4 Å². The van der Waals surface area contributed by atoms with E-state index in [1.54, 1.807) is 24.3 Å². The van der Waals surface area contributed by atoms with Crippen LogP contribution < -0.4 is 9.62 Å². The zero-order chi connectivity index (χ0) is 17.0. The van der Waals surface area contributed by atoms with Crippen molar-refractivity contribution in [3.63, 3.8) is 0 Å². The van der Waals surface area contributed by atoms with Gasteiger partial charge in [-0.1, -0.05) is 25.1 Å². The highest BCUT2D eigenvalue weighted by Crippen LogP contribution is 2.19. The van der Waals surface area contributed by atoms with Gasteiger partial charge in [0.05, 0.1) is 11.9 Å². The summed E-state index contributed by atoms with van der Waals surface area (Å²) in [7, 11) is -1.84. The number of rotatable bonds is 5. The van der Waals surface area contributed by atoms with E-state index in [9.17, 15) is 13.2 Å². The molecule has 1 N–H and O–H groups in total. The molecule has 0 fully saturated rings. The maximum absolute atomic E-state index is 12.3. The molecule has 5 nitrogen and oxygen atoms in total. The highest BCUT2D eigenvalue weighted by Gasteiger charge is 2.13. The molecule has 0 atom stereocenters. The largest absolute Gasteiger partial charge is 0.322 e. The number of aryl methyl sites for hydroxylation is 1. The number of hydrogen-bond donors (Lipinski definition) is 1. The Bertz CT molecular complexity index is 799. The molecule has 0 radical (unpaired) electrons. The molecule has 0 bridgehead atoms. The third-order valence-electron chi connectivity index (χ3n) is 3.64. The summed E-state index contributed by atoms with van der Waals surface area (Å²) in [4.78, 5) is 12.3. The van der Waals surface area contributed by atoms with Gasteiger partial charge in [0.2, 0.25) is 10.0 Å². The molecule has 0 unspecified atom stereocenters. The van der Waals surface area contributed by atoms with Gasteiger partial charge < -0.3 is 5.32 Å². The van der Waals surface area contributed by atoms with Crippen molar-refractivity contribution in [3.05, 3.63) is 59.7 Å². The zero-order valence-corrected chi connectivity index (χ0v) is 14.2. The van der Waals surface area contributed by atoms with Crippen LogP contribution in [0.15, 0.2) is 48.5 Å². The fourth-order valence-corrected chi connectivity index (χ4v) is 2.66. The Morgan fingerprint density at radius 3 is 2.26 bits per heavy atom. The summed E-state index contributed by atoms with van der Waals surface area (Å²) in [5.74, 6) is -0.223. The Kier molecular flexibility index (Phi) is 5.05. The van der Waals surface area contributed by atoms with Gasteiger partial charge in [0, 0.05) is 18.3 Å². The van der Waals surface area contributed by atoms with Gasteiger partial charge in [0.25, 0.3) is 5.91 Å². The molecule has 6 heteroatoms. The van der Waals surface area contributed by atoms with Crippen molar-refractivity contribution in [2.75, 3.05) is 22.9 Å². The van der Waals surface area contributed by atoms with Crippen molar-refractivity contribution in [3.8, 4) is 0 Å². The summed E-state index contributed by atoms with van der Waals surface area (Å²) in [6.45, 7) is 2.03. The van der Waals surface area contributed by atoms with Gasteiger partial charge >= 0.3 is 0 Å². The number of benzene rings is 2. The number of carbonyl (C=O) groups excluding carboxylic acids is 1. The second-order valence-electron chi connectivity index (χ2n) is 5.24. The van der Waals surface area contributed by atoms with Crippen LogP contribution in [-0.2, 0) is 16.4 Å². The van der Waals surface area contributed by atoms with Crippen LogP contribution in [0.5, 0.6) is 0 Å². The predicted molar refractivity (Wildman–Crippen MR) is 93.5 cm³/mol. The van der Waals surface area contributed by atoms with Crippen molar-refractivity contribution in [2.24, 2.45) is 0 Å². The Balaban J connectivity index is 2.18. The molecule has 122 valence electrons. The minimum atomic E-state index is -3.31. The number of amides is 1. The Hall–Kier alpha value is -2.34. The van der Waals surface area contributed by atoms with E-state index in [1.807, 2.05) is 31.2 Å². The third kappa shape index (κ3) is 4.10. The highest BCUT2D eigenvalue weighted by molar-refractivity contribution is 7.92. The van der Waals surface area contributed by atoms with Crippen LogP contribution in [0.3, 0.4) is 0 Å². The van der Waals surface area contributed by atoms with E-state index in [2.05, 4.69) is 5.32 Å². The van der Waals surface area contributed by atoms with E-state index in [4.69, 9.17) is 0 Å². The minimum absolute atomic E-state index is 0.223. The molecular weight excluding hydrogens is 312 g/mol. The second kappa shape index (κ2) is 6.83. The van der Waals surface area contributed by atoms with Crippen LogP contribution in [0.4, 0.5) is 11.4 Å². The molecule has 0 aliphatic carbocycles. The van der Waals surface area contributed by atoms with Gasteiger partial charge in [-0.2, -0.15) is 0 Å². The first-order valence-electron chi connectivity index (χ1n) is 7.26. The summed E-state index contributed by atoms with van der Waals surface area (Å²) in [6, 6.07) is 14.1. The Labute approximate surface area is 137 Å². The number of sulfonamides is 1. The fourth-order valence-electron chi connectivity index (χ4n) is 2.16. The van der Waals surface area contributed by atoms with Crippen molar-refractivity contribution >= 4 is 27.3 Å². The summed E-state index contributed by atoms with van der Waals surface area (Å²) in [5.41, 5.74) is 2.84. The average molecular weight is 332 g/mol. The molecule has 2 aromatic carbocycles. The lowest BCUT2D eigenvalue weighted by Crippen LogP contribution is -2.24. The van der Waals surface area contributed by atoms with Gasteiger partial charge in [-0.3, -0.25) is 9.10 Å². The smallest absolute Gasteiger partial charge is 0.255 e. The Morgan fingerprint density at radius 1 is 1.09 bits per heavy atom. The maximum Gasteiger partial charge on any atom is 0.255 e. The molecule has 0 heterocycles. The van der Waals surface area contributed by atoms with Gasteiger partial charge in [-0.05, 0) is 42.3 Å². The summed E-state index contributed by atoms with van der Waals surface area (Å²) in [6.07, 6.45) is 1.96. The molecule has 23 heavy (non-hydrogen) atoms. The van der Waals surface area contributed by atoms with E-state index in [0.717, 1.165) is 23.9 Å². The fraction of sp³-hybridized carbons (Fsp3) is 0.235. The van der Waals surface area contributed by atoms with Crippen LogP contribution in [0.1, 0.15) is 22.8 Å². The molecule has 2 rings (SSSR count). The molecule has 0 aliphatic rings. The van der Waals surface area contributed by atoms with Gasteiger partial charge in [-0.25, -0.2) is 8.42 Å². The predicted octanol–water partition coefficient (Wildman–Crippen LogP) is 2.90. The monoisotopic (exact) mass is 332 g/mol. The van der Waals surface area contributed by atoms with Crippen LogP contribution in [0.25, 0.3) is 0 Å². The molecule has 0 aliphatic heterocycles. The molecule has 1 amide bonds. The first kappa shape index (κ1) is 17.0. The number of hydrogen-bond acceptors (Lipinski definition) is 3. The summed E-state index contributed by atoms with van der Waals surface area (Å²) in [5, 5.41) is 2.89. The van der Waals surface area contributed by atoms with E-state index in [-0.39, 0.29) is 5.91 Å². The number of nitrogens with zero attached hydrogens (tertiary/aromatic N) is 1. The Morgan fingerprint density at radius 2 is 1.70 bits per heavy atom. The van der Waals surface area contributed by atoms with Crippen LogP contribution >= 0.6 is 0 Å². The quantitative estimate of drug-likeness (QED) is 0.915. The number of nitrogens with one attached hydrogen (secondary N) is 1. The van der Waals surface area contributed by atoms with E-state index < -0.39 is 10.0 Å². The zero-order valence-electron chi connectivity index (χ0n) is 13.4. The van der Waals surface area contributed by atoms with Gasteiger partial charge in [-0.15, -0.1) is 0 Å². The van der Waals surface area contributed by atoms with E-state index in [0.29, 0.717) is 11.3 Å². The lowest BCUT2D eigenvalue weighted by Gasteiger charge is -2.16. The first-order valence-corrected chi connectivity index (χ1v) is 9.11. The van der Waals surface area contributed by atoms with Crippen molar-refractivity contribution in [1.82, 2.24) is 0 Å². The SMILES string of the molecule is CCc1ccccc1NC(=O)c1ccc(N(C)S(C)(=O)=O)cc1. The summed E-state index contributed by atoms with van der Waals surface area (Å²) < 4.78 is 24.2. The van der Waals surface area contributed by atoms with Gasteiger partial charge in [0.1, 0.15) is 0 Å².